The molecule has 4 aromatic heterocycles. The number of nitrogens with one attached hydrogen (secondary N) is 2. The largest absolute Gasteiger partial charge is 0.326 e. The van der Waals surface area contributed by atoms with Crippen LogP contribution in [0.1, 0.15) is 11.1 Å². The number of hydrogen-bond acceptors (Lipinski definition) is 7. The van der Waals surface area contributed by atoms with Crippen molar-refractivity contribution in [2.45, 2.75) is 13.0 Å². The Morgan fingerprint density at radius 3 is 2.72 bits per heavy atom. The van der Waals surface area contributed by atoms with Crippen LogP contribution >= 0.6 is 11.3 Å². The first-order valence-corrected chi connectivity index (χ1v) is 13.4. The molecule has 0 saturated carbocycles. The summed E-state index contributed by atoms with van der Waals surface area (Å²) in [5.41, 5.74) is 13.5. The van der Waals surface area contributed by atoms with Gasteiger partial charge in [0.1, 0.15) is 5.69 Å². The molecule has 6 rings (SSSR count). The zero-order valence-electron chi connectivity index (χ0n) is 20.9. The van der Waals surface area contributed by atoms with Crippen molar-refractivity contribution in [3.8, 4) is 22.5 Å². The summed E-state index contributed by atoms with van der Waals surface area (Å²) in [6.07, 6.45) is 3.97. The van der Waals surface area contributed by atoms with E-state index in [0.29, 0.717) is 24.6 Å². The zero-order chi connectivity index (χ0) is 26.6. The van der Waals surface area contributed by atoms with E-state index in [9.17, 15) is 4.79 Å². The van der Waals surface area contributed by atoms with E-state index in [-0.39, 0.29) is 5.91 Å². The fourth-order valence-corrected chi connectivity index (χ4v) is 5.11. The van der Waals surface area contributed by atoms with E-state index < -0.39 is 0 Å². The Labute approximate surface area is 229 Å². The predicted octanol–water partition coefficient (Wildman–Crippen LogP) is 5.90. The first kappa shape index (κ1) is 24.5. The number of benzene rings is 2. The molecule has 0 atom stereocenters. The first-order chi connectivity index (χ1) is 19.2. The number of carbonyl (C=O) groups excluding carboxylic acids is 1. The van der Waals surface area contributed by atoms with Crippen LogP contribution in [0, 0.1) is 0 Å². The van der Waals surface area contributed by atoms with E-state index in [1.807, 2.05) is 100 Å². The minimum Gasteiger partial charge on any atom is -0.326 e. The maximum Gasteiger partial charge on any atom is 0.228 e. The zero-order valence-corrected chi connectivity index (χ0v) is 21.7. The van der Waals surface area contributed by atoms with Crippen molar-refractivity contribution in [3.63, 3.8) is 0 Å². The van der Waals surface area contributed by atoms with Gasteiger partial charge in [-0.3, -0.25) is 4.79 Å². The highest BCUT2D eigenvalue weighted by atomic mass is 32.1. The van der Waals surface area contributed by atoms with Gasteiger partial charge in [0.05, 0.1) is 23.2 Å². The second kappa shape index (κ2) is 10.9. The molecule has 0 saturated heterocycles. The number of fused-ring (bicyclic) bond motifs is 1. The van der Waals surface area contributed by atoms with Crippen LogP contribution in [0.4, 0.5) is 17.3 Å². The van der Waals surface area contributed by atoms with Crippen molar-refractivity contribution in [1.29, 1.82) is 0 Å². The molecule has 6 aromatic rings. The highest BCUT2D eigenvalue weighted by Crippen LogP contribution is 2.35. The average molecular weight is 532 g/mol. The molecule has 192 valence electrons. The molecule has 8 nitrogen and oxygen atoms in total. The molecule has 0 aliphatic carbocycles. The van der Waals surface area contributed by atoms with Gasteiger partial charge >= 0.3 is 0 Å². The summed E-state index contributed by atoms with van der Waals surface area (Å²) in [6.45, 7) is 0.454. The number of hydrogen-bond donors (Lipinski definition) is 3. The van der Waals surface area contributed by atoms with Gasteiger partial charge in [-0.2, -0.15) is 16.4 Å². The van der Waals surface area contributed by atoms with Gasteiger partial charge in [0.25, 0.3) is 0 Å². The molecule has 0 bridgehead atoms. The Morgan fingerprint density at radius 1 is 0.949 bits per heavy atom. The van der Waals surface area contributed by atoms with E-state index in [0.717, 1.165) is 44.8 Å². The van der Waals surface area contributed by atoms with E-state index in [1.165, 1.54) is 0 Å². The Balaban J connectivity index is 1.36. The van der Waals surface area contributed by atoms with Crippen LogP contribution in [0.5, 0.6) is 0 Å². The van der Waals surface area contributed by atoms with Gasteiger partial charge in [-0.05, 0) is 70.4 Å². The van der Waals surface area contributed by atoms with Crippen LogP contribution in [0.15, 0.2) is 102 Å². The standard InChI is InChI=1S/C30H25N7OS/c31-18-20-5-3-7-23(15-20)34-30-32-12-10-25(35-30)28-26-9-1-2-13-37(26)36-29(28)22-6-4-8-24(17-22)33-27(38)16-21-11-14-39-19-21/h1-15,17,19H,16,18,31H2,(H,33,38)(H,32,34,35). The minimum atomic E-state index is -0.0639. The van der Waals surface area contributed by atoms with Crippen LogP contribution in [0.3, 0.4) is 0 Å². The van der Waals surface area contributed by atoms with Gasteiger partial charge in [0.15, 0.2) is 0 Å². The van der Waals surface area contributed by atoms with Gasteiger partial charge in [-0.1, -0.05) is 30.3 Å². The van der Waals surface area contributed by atoms with Crippen molar-refractivity contribution < 1.29 is 4.79 Å². The number of amides is 1. The number of nitrogens with two attached hydrogens (primary N) is 1. The predicted molar refractivity (Wildman–Crippen MR) is 156 cm³/mol. The lowest BCUT2D eigenvalue weighted by molar-refractivity contribution is -0.115. The lowest BCUT2D eigenvalue weighted by Crippen LogP contribution is -2.13. The SMILES string of the molecule is NCc1cccc(Nc2nccc(-c3c(-c4cccc(NC(=O)Cc5ccsc5)c4)nn4ccccc34)n2)c1. The van der Waals surface area contributed by atoms with Crippen LogP contribution in [-0.4, -0.2) is 25.5 Å². The van der Waals surface area contributed by atoms with Crippen molar-refractivity contribution in [3.05, 3.63) is 113 Å². The summed E-state index contributed by atoms with van der Waals surface area (Å²) in [4.78, 5) is 21.9. The number of anilines is 3. The lowest BCUT2D eigenvalue weighted by atomic mass is 10.0. The number of pyridine rings is 1. The Kier molecular flexibility index (Phi) is 6.82. The molecule has 0 unspecified atom stereocenters. The maximum atomic E-state index is 12.6. The smallest absolute Gasteiger partial charge is 0.228 e. The molecule has 9 heteroatoms. The second-order valence-electron chi connectivity index (χ2n) is 8.99. The number of rotatable bonds is 8. The molecule has 0 radical (unpaired) electrons. The Morgan fingerprint density at radius 2 is 1.85 bits per heavy atom. The van der Waals surface area contributed by atoms with Crippen molar-refractivity contribution >= 4 is 40.1 Å². The van der Waals surface area contributed by atoms with E-state index in [1.54, 1.807) is 17.5 Å². The molecule has 0 fully saturated rings. The summed E-state index contributed by atoms with van der Waals surface area (Å²) in [5, 5.41) is 15.1. The molecule has 0 aliphatic heterocycles. The molecule has 0 spiro atoms. The van der Waals surface area contributed by atoms with Crippen molar-refractivity contribution in [1.82, 2.24) is 19.6 Å². The topological polar surface area (TPSA) is 110 Å². The summed E-state index contributed by atoms with van der Waals surface area (Å²) in [5.74, 6) is 0.406. The van der Waals surface area contributed by atoms with Crippen LogP contribution in [0.25, 0.3) is 28.0 Å². The third-order valence-electron chi connectivity index (χ3n) is 6.24. The molecular formula is C30H25N7OS. The van der Waals surface area contributed by atoms with E-state index in [4.69, 9.17) is 15.8 Å². The molecular weight excluding hydrogens is 506 g/mol. The van der Waals surface area contributed by atoms with Crippen molar-refractivity contribution in [2.24, 2.45) is 5.73 Å². The summed E-state index contributed by atoms with van der Waals surface area (Å²) < 4.78 is 1.84. The third-order valence-corrected chi connectivity index (χ3v) is 6.97. The molecule has 4 N–H and O–H groups in total. The highest BCUT2D eigenvalue weighted by molar-refractivity contribution is 7.08. The first-order valence-electron chi connectivity index (χ1n) is 12.4. The summed E-state index contributed by atoms with van der Waals surface area (Å²) >= 11 is 1.58. The highest BCUT2D eigenvalue weighted by Gasteiger charge is 2.19. The molecule has 4 heterocycles. The van der Waals surface area contributed by atoms with Crippen molar-refractivity contribution in [2.75, 3.05) is 10.6 Å². The quantitative estimate of drug-likeness (QED) is 0.225. The Bertz CT molecular complexity index is 1760. The van der Waals surface area contributed by atoms with Gasteiger partial charge in [-0.25, -0.2) is 14.5 Å². The summed E-state index contributed by atoms with van der Waals surface area (Å²) in [6, 6.07) is 25.3. The van der Waals surface area contributed by atoms with Gasteiger partial charge in [0, 0.05) is 35.9 Å². The molecule has 0 aliphatic rings. The number of carbonyl (C=O) groups is 1. The van der Waals surface area contributed by atoms with Gasteiger partial charge in [-0.15, -0.1) is 0 Å². The maximum absolute atomic E-state index is 12.6. The number of nitrogens with zero attached hydrogens (tertiary/aromatic N) is 4. The fraction of sp³-hybridized carbons (Fsp3) is 0.0667. The second-order valence-corrected chi connectivity index (χ2v) is 9.77. The van der Waals surface area contributed by atoms with Crippen LogP contribution in [-0.2, 0) is 17.8 Å². The van der Waals surface area contributed by atoms with Crippen LogP contribution in [0.2, 0.25) is 0 Å². The summed E-state index contributed by atoms with van der Waals surface area (Å²) in [7, 11) is 0. The number of thiophene rings is 1. The van der Waals surface area contributed by atoms with Gasteiger partial charge < -0.3 is 16.4 Å². The Hall–Kier alpha value is -4.86. The molecule has 39 heavy (non-hydrogen) atoms. The fourth-order valence-electron chi connectivity index (χ4n) is 4.44. The normalized spacial score (nSPS) is 11.0. The minimum absolute atomic E-state index is 0.0639. The van der Waals surface area contributed by atoms with E-state index >= 15 is 0 Å². The average Bonchev–Trinajstić information content (AvgIpc) is 3.61. The molecule has 2 aromatic carbocycles. The monoisotopic (exact) mass is 531 g/mol. The van der Waals surface area contributed by atoms with E-state index in [2.05, 4.69) is 15.6 Å². The lowest BCUT2D eigenvalue weighted by Gasteiger charge is -2.09. The molecule has 1 amide bonds. The third kappa shape index (κ3) is 5.40. The van der Waals surface area contributed by atoms with Gasteiger partial charge in [0.2, 0.25) is 11.9 Å². The van der Waals surface area contributed by atoms with Crippen LogP contribution < -0.4 is 16.4 Å². The number of aromatic nitrogens is 4.